The molecule has 0 fully saturated rings. The highest BCUT2D eigenvalue weighted by atomic mass is 35.5. The lowest BCUT2D eigenvalue weighted by atomic mass is 10.1. The van der Waals surface area contributed by atoms with Crippen LogP contribution in [0.15, 0.2) is 18.2 Å². The zero-order valence-corrected chi connectivity index (χ0v) is 9.31. The van der Waals surface area contributed by atoms with Gasteiger partial charge in [-0.2, -0.15) is 0 Å². The summed E-state index contributed by atoms with van der Waals surface area (Å²) in [5, 5.41) is 0.753. The molecule has 0 aromatic heterocycles. The number of Topliss-reactive ketones (excluding diaryl/α,β-unsaturated/α-hetero) is 1. The van der Waals surface area contributed by atoms with E-state index in [1.807, 2.05) is 0 Å². The largest absolute Gasteiger partial charge is 0.370 e. The Hall–Kier alpha value is -1.06. The molecule has 0 radical (unpaired) electrons. The molecule has 5 heteroatoms. The topological polar surface area (TPSA) is 60.2 Å². The fourth-order valence-corrected chi connectivity index (χ4v) is 1.60. The lowest BCUT2D eigenvalue weighted by Crippen LogP contribution is -2.12. The van der Waals surface area contributed by atoms with Crippen molar-refractivity contribution < 1.29 is 9.59 Å². The molecule has 0 bridgehead atoms. The third kappa shape index (κ3) is 3.53. The van der Waals surface area contributed by atoms with Crippen molar-refractivity contribution in [3.63, 3.8) is 0 Å². The molecule has 15 heavy (non-hydrogen) atoms. The Morgan fingerprint density at radius 2 is 1.87 bits per heavy atom. The predicted molar refractivity (Wildman–Crippen MR) is 59.2 cm³/mol. The van der Waals surface area contributed by atoms with Gasteiger partial charge < -0.3 is 5.73 Å². The van der Waals surface area contributed by atoms with Crippen molar-refractivity contribution in [3.05, 3.63) is 33.8 Å². The fraction of sp³-hybridized carbons (Fsp3) is 0.200. The molecular formula is C10H9Cl2NO2. The van der Waals surface area contributed by atoms with Gasteiger partial charge in [-0.15, -0.1) is 0 Å². The van der Waals surface area contributed by atoms with Gasteiger partial charge in [-0.3, -0.25) is 9.59 Å². The summed E-state index contributed by atoms with van der Waals surface area (Å²) in [6, 6.07) is 4.60. The van der Waals surface area contributed by atoms with Gasteiger partial charge in [-0.05, 0) is 18.2 Å². The van der Waals surface area contributed by atoms with Crippen LogP contribution >= 0.6 is 23.2 Å². The minimum atomic E-state index is -0.506. The Labute approximate surface area is 97.2 Å². The standard InChI is InChI=1S/C10H9Cl2NO2/c11-6-1-2-7(8(12)5-6)9(14)3-4-10(13)15/h1-2,5H,3-4H2,(H2,13,15). The SMILES string of the molecule is NC(=O)CCC(=O)c1ccc(Cl)cc1Cl. The van der Waals surface area contributed by atoms with Gasteiger partial charge in [0.2, 0.25) is 5.91 Å². The van der Waals surface area contributed by atoms with Gasteiger partial charge in [0, 0.05) is 23.4 Å². The molecule has 0 aliphatic rings. The van der Waals surface area contributed by atoms with E-state index in [9.17, 15) is 9.59 Å². The second-order valence-electron chi connectivity index (χ2n) is 3.01. The van der Waals surface area contributed by atoms with Crippen molar-refractivity contribution in [2.24, 2.45) is 5.73 Å². The molecule has 0 heterocycles. The van der Waals surface area contributed by atoms with E-state index in [1.54, 1.807) is 6.07 Å². The number of carbonyl (C=O) groups excluding carboxylic acids is 2. The zero-order valence-electron chi connectivity index (χ0n) is 7.80. The average Bonchev–Trinajstić information content (AvgIpc) is 2.14. The molecule has 0 unspecified atom stereocenters. The summed E-state index contributed by atoms with van der Waals surface area (Å²) >= 11 is 11.5. The zero-order chi connectivity index (χ0) is 11.4. The Bertz CT molecular complexity index is 404. The van der Waals surface area contributed by atoms with Gasteiger partial charge in [0.1, 0.15) is 0 Å². The highest BCUT2D eigenvalue weighted by Gasteiger charge is 2.11. The first kappa shape index (κ1) is 12.0. The molecule has 1 aromatic carbocycles. The molecule has 1 amide bonds. The first-order chi connectivity index (χ1) is 7.00. The number of rotatable bonds is 4. The Morgan fingerprint density at radius 1 is 1.20 bits per heavy atom. The Morgan fingerprint density at radius 3 is 2.40 bits per heavy atom. The molecule has 1 rings (SSSR count). The van der Waals surface area contributed by atoms with E-state index in [2.05, 4.69) is 0 Å². The van der Waals surface area contributed by atoms with Crippen LogP contribution in [0.25, 0.3) is 0 Å². The number of hydrogen-bond donors (Lipinski definition) is 1. The van der Waals surface area contributed by atoms with Crippen molar-refractivity contribution >= 4 is 34.9 Å². The lowest BCUT2D eigenvalue weighted by Gasteiger charge is -2.02. The van der Waals surface area contributed by atoms with Crippen LogP contribution in [-0.2, 0) is 4.79 Å². The summed E-state index contributed by atoms with van der Waals surface area (Å²) in [7, 11) is 0. The predicted octanol–water partition coefficient (Wildman–Crippen LogP) is 2.44. The number of amides is 1. The second-order valence-corrected chi connectivity index (χ2v) is 3.86. The molecule has 0 saturated carbocycles. The fourth-order valence-electron chi connectivity index (χ4n) is 1.09. The van der Waals surface area contributed by atoms with Crippen LogP contribution in [0.3, 0.4) is 0 Å². The van der Waals surface area contributed by atoms with E-state index < -0.39 is 5.91 Å². The van der Waals surface area contributed by atoms with Crippen molar-refractivity contribution in [2.45, 2.75) is 12.8 Å². The number of carbonyl (C=O) groups is 2. The van der Waals surface area contributed by atoms with Gasteiger partial charge in [0.15, 0.2) is 5.78 Å². The minimum Gasteiger partial charge on any atom is -0.370 e. The second kappa shape index (κ2) is 5.14. The average molecular weight is 246 g/mol. The molecule has 0 atom stereocenters. The highest BCUT2D eigenvalue weighted by molar-refractivity contribution is 6.36. The van der Waals surface area contributed by atoms with E-state index in [1.165, 1.54) is 12.1 Å². The summed E-state index contributed by atoms with van der Waals surface area (Å²) in [5.41, 5.74) is 5.30. The number of halogens is 2. The first-order valence-corrected chi connectivity index (χ1v) is 5.03. The van der Waals surface area contributed by atoms with E-state index in [0.29, 0.717) is 10.6 Å². The van der Waals surface area contributed by atoms with Gasteiger partial charge in [-0.25, -0.2) is 0 Å². The summed E-state index contributed by atoms with van der Waals surface area (Å²) in [5.74, 6) is -0.719. The Kier molecular flexibility index (Phi) is 4.12. The highest BCUT2D eigenvalue weighted by Crippen LogP contribution is 2.22. The summed E-state index contributed by atoms with van der Waals surface area (Å²) in [4.78, 5) is 22.0. The molecule has 0 aliphatic heterocycles. The molecule has 0 saturated heterocycles. The number of benzene rings is 1. The van der Waals surface area contributed by atoms with Crippen molar-refractivity contribution in [1.29, 1.82) is 0 Å². The van der Waals surface area contributed by atoms with Crippen LogP contribution < -0.4 is 5.73 Å². The van der Waals surface area contributed by atoms with E-state index in [0.717, 1.165) is 0 Å². The van der Waals surface area contributed by atoms with Gasteiger partial charge in [-0.1, -0.05) is 23.2 Å². The number of hydrogen-bond acceptors (Lipinski definition) is 2. The molecule has 0 aliphatic carbocycles. The Balaban J connectivity index is 2.78. The van der Waals surface area contributed by atoms with Crippen LogP contribution in [0.5, 0.6) is 0 Å². The molecule has 1 aromatic rings. The van der Waals surface area contributed by atoms with Crippen molar-refractivity contribution in [1.82, 2.24) is 0 Å². The maximum absolute atomic E-state index is 11.5. The number of nitrogens with two attached hydrogens (primary N) is 1. The van der Waals surface area contributed by atoms with E-state index >= 15 is 0 Å². The monoisotopic (exact) mass is 245 g/mol. The van der Waals surface area contributed by atoms with Crippen LogP contribution in [0.4, 0.5) is 0 Å². The van der Waals surface area contributed by atoms with Crippen LogP contribution in [0, 0.1) is 0 Å². The first-order valence-electron chi connectivity index (χ1n) is 4.27. The maximum atomic E-state index is 11.5. The molecule has 0 spiro atoms. The normalized spacial score (nSPS) is 10.0. The number of primary amides is 1. The van der Waals surface area contributed by atoms with Crippen LogP contribution in [0.2, 0.25) is 10.0 Å². The summed E-state index contributed by atoms with van der Waals surface area (Å²) in [6.45, 7) is 0. The van der Waals surface area contributed by atoms with Gasteiger partial charge in [0.05, 0.1) is 5.02 Å². The molecule has 80 valence electrons. The quantitative estimate of drug-likeness (QED) is 0.829. The molecule has 2 N–H and O–H groups in total. The van der Waals surface area contributed by atoms with Gasteiger partial charge >= 0.3 is 0 Å². The lowest BCUT2D eigenvalue weighted by molar-refractivity contribution is -0.118. The minimum absolute atomic E-state index is 0.0256. The summed E-state index contributed by atoms with van der Waals surface area (Å²) < 4.78 is 0. The molecular weight excluding hydrogens is 237 g/mol. The third-order valence-corrected chi connectivity index (χ3v) is 2.38. The smallest absolute Gasteiger partial charge is 0.217 e. The third-order valence-electron chi connectivity index (χ3n) is 1.83. The van der Waals surface area contributed by atoms with Crippen molar-refractivity contribution in [2.75, 3.05) is 0 Å². The van der Waals surface area contributed by atoms with Gasteiger partial charge in [0.25, 0.3) is 0 Å². The maximum Gasteiger partial charge on any atom is 0.217 e. The van der Waals surface area contributed by atoms with Crippen molar-refractivity contribution in [3.8, 4) is 0 Å². The number of ketones is 1. The van der Waals surface area contributed by atoms with Crippen LogP contribution in [-0.4, -0.2) is 11.7 Å². The van der Waals surface area contributed by atoms with E-state index in [4.69, 9.17) is 28.9 Å². The molecule has 3 nitrogen and oxygen atoms in total. The summed E-state index contributed by atoms with van der Waals surface area (Å²) in [6.07, 6.45) is 0.0917. The van der Waals surface area contributed by atoms with Crippen LogP contribution in [0.1, 0.15) is 23.2 Å². The van der Waals surface area contributed by atoms with E-state index in [-0.39, 0.29) is 23.6 Å².